The molecular weight excluding hydrogens is 293 g/mol. The van der Waals surface area contributed by atoms with Crippen LogP contribution in [0.25, 0.3) is 0 Å². The van der Waals surface area contributed by atoms with Crippen LogP contribution in [0.1, 0.15) is 24.1 Å². The normalized spacial score (nSPS) is 11.4. The molecule has 0 saturated carbocycles. The van der Waals surface area contributed by atoms with Gasteiger partial charge in [-0.15, -0.1) is 0 Å². The van der Waals surface area contributed by atoms with Gasteiger partial charge in [-0.3, -0.25) is 0 Å². The van der Waals surface area contributed by atoms with E-state index in [1.165, 1.54) is 0 Å². The highest BCUT2D eigenvalue weighted by Gasteiger charge is 2.15. The van der Waals surface area contributed by atoms with Crippen molar-refractivity contribution >= 4 is 27.5 Å². The van der Waals surface area contributed by atoms with Crippen molar-refractivity contribution in [3.05, 3.63) is 26.7 Å². The fourth-order valence-corrected chi connectivity index (χ4v) is 2.19. The molecule has 0 saturated heterocycles. The molecule has 4 nitrogen and oxygen atoms in total. The molecule has 0 aliphatic carbocycles. The number of methoxy groups -OCH3 is 1. The van der Waals surface area contributed by atoms with Gasteiger partial charge in [0.15, 0.2) is 0 Å². The lowest BCUT2D eigenvalue weighted by atomic mass is 10.1. The maximum Gasteiger partial charge on any atom is 0.138 e. The van der Waals surface area contributed by atoms with E-state index in [0.29, 0.717) is 5.02 Å². The molecule has 1 aromatic rings. The molecule has 90 valence electrons. The molecule has 16 heavy (non-hydrogen) atoms. The van der Waals surface area contributed by atoms with Gasteiger partial charge in [0, 0.05) is 16.6 Å². The Labute approximate surface area is 109 Å². The lowest BCUT2D eigenvalue weighted by Gasteiger charge is -2.16. The number of rotatable bonds is 2. The fourth-order valence-electron chi connectivity index (χ4n) is 1.26. The lowest BCUT2D eigenvalue weighted by Crippen LogP contribution is -2.17. The largest absolute Gasteiger partial charge is 0.495 e. The number of nitrogens with one attached hydrogen (secondary N) is 1. The number of halogens is 2. The topological polar surface area (TPSA) is 84.7 Å². The molecule has 0 spiro atoms. The zero-order chi connectivity index (χ0) is 12.9. The zero-order valence-corrected chi connectivity index (χ0v) is 11.8. The van der Waals surface area contributed by atoms with Crippen molar-refractivity contribution in [3.63, 3.8) is 0 Å². The van der Waals surface area contributed by atoms with Gasteiger partial charge in [0.25, 0.3) is 0 Å². The van der Waals surface area contributed by atoms with Gasteiger partial charge in [-0.05, 0) is 41.4 Å². The second-order valence-corrected chi connectivity index (χ2v) is 4.41. The Balaban J connectivity index is 0.00000106. The van der Waals surface area contributed by atoms with Gasteiger partial charge in [-0.1, -0.05) is 17.1 Å². The molecule has 1 rings (SSSR count). The summed E-state index contributed by atoms with van der Waals surface area (Å²) in [5.74, 6) is 0.766. The van der Waals surface area contributed by atoms with E-state index in [-0.39, 0.29) is 6.04 Å². The van der Waals surface area contributed by atoms with Crippen molar-refractivity contribution < 1.29 is 10.3 Å². The predicted molar refractivity (Wildman–Crippen MR) is 67.7 cm³/mol. The van der Waals surface area contributed by atoms with E-state index in [9.17, 15) is 0 Å². The molecular formula is C10H16BrClN3O+. The average Bonchev–Trinajstić information content (AvgIpc) is 2.28. The minimum Gasteiger partial charge on any atom is -0.495 e. The number of hydrogen-bond donors (Lipinski definition) is 3. The van der Waals surface area contributed by atoms with Crippen molar-refractivity contribution in [3.8, 4) is 5.75 Å². The number of ether oxygens (including phenoxy) is 1. The monoisotopic (exact) mass is 308 g/mol. The first-order chi connectivity index (χ1) is 7.49. The van der Waals surface area contributed by atoms with Crippen LogP contribution in [-0.4, -0.2) is 7.11 Å². The second-order valence-electron chi connectivity index (χ2n) is 3.21. The second kappa shape index (κ2) is 6.83. The molecule has 0 heterocycles. The van der Waals surface area contributed by atoms with Crippen LogP contribution in [0.5, 0.6) is 5.75 Å². The van der Waals surface area contributed by atoms with Crippen LogP contribution in [0.2, 0.25) is 5.02 Å². The molecule has 0 aliphatic heterocycles. The number of benzene rings is 1. The van der Waals surface area contributed by atoms with Crippen LogP contribution < -0.4 is 16.0 Å². The Morgan fingerprint density at radius 1 is 1.56 bits per heavy atom. The van der Waals surface area contributed by atoms with E-state index < -0.39 is 0 Å². The third-order valence-corrected chi connectivity index (χ3v) is 3.47. The quantitative estimate of drug-likeness (QED) is 0.732. The van der Waals surface area contributed by atoms with Gasteiger partial charge in [0.05, 0.1) is 11.6 Å². The van der Waals surface area contributed by atoms with E-state index in [1.54, 1.807) is 7.11 Å². The maximum absolute atomic E-state index is 6.05. The van der Waals surface area contributed by atoms with Crippen molar-refractivity contribution in [2.45, 2.75) is 19.9 Å². The van der Waals surface area contributed by atoms with E-state index >= 15 is 0 Å². The van der Waals surface area contributed by atoms with Gasteiger partial charge in [0.2, 0.25) is 0 Å². The summed E-state index contributed by atoms with van der Waals surface area (Å²) >= 11 is 9.50. The molecule has 0 aliphatic rings. The SMILES string of the molecule is COc1c(C(C)N)cc(Cl)c(C)c1Br.N=[NH2+]. The highest BCUT2D eigenvalue weighted by molar-refractivity contribution is 9.10. The summed E-state index contributed by atoms with van der Waals surface area (Å²) in [5, 5.41) is 0.699. The Morgan fingerprint density at radius 3 is 2.44 bits per heavy atom. The molecule has 0 bridgehead atoms. The predicted octanol–water partition coefficient (Wildman–Crippen LogP) is 2.22. The molecule has 0 radical (unpaired) electrons. The van der Waals surface area contributed by atoms with Crippen LogP contribution in [0, 0.1) is 12.5 Å². The Morgan fingerprint density at radius 2 is 2.06 bits per heavy atom. The zero-order valence-electron chi connectivity index (χ0n) is 9.47. The first-order valence-electron chi connectivity index (χ1n) is 4.56. The van der Waals surface area contributed by atoms with Crippen LogP contribution in [0.3, 0.4) is 0 Å². The molecule has 6 heteroatoms. The Bertz CT molecular complexity index is 372. The third kappa shape index (κ3) is 3.17. The van der Waals surface area contributed by atoms with Crippen LogP contribution in [0.15, 0.2) is 10.5 Å². The van der Waals surface area contributed by atoms with E-state index in [4.69, 9.17) is 27.6 Å². The highest BCUT2D eigenvalue weighted by Crippen LogP contribution is 2.38. The number of hydrogen-bond acceptors (Lipinski definition) is 3. The molecule has 1 aromatic carbocycles. The van der Waals surface area contributed by atoms with E-state index in [2.05, 4.69) is 21.5 Å². The van der Waals surface area contributed by atoms with Gasteiger partial charge >= 0.3 is 0 Å². The van der Waals surface area contributed by atoms with Gasteiger partial charge in [-0.2, -0.15) is 5.53 Å². The summed E-state index contributed by atoms with van der Waals surface area (Å²) < 4.78 is 6.16. The molecule has 1 atom stereocenters. The maximum atomic E-state index is 6.05. The fraction of sp³-hybridized carbons (Fsp3) is 0.400. The summed E-state index contributed by atoms with van der Waals surface area (Å²) in [4.78, 5) is 0. The van der Waals surface area contributed by atoms with E-state index in [0.717, 1.165) is 21.3 Å². The smallest absolute Gasteiger partial charge is 0.138 e. The molecule has 0 fully saturated rings. The molecule has 0 amide bonds. The minimum atomic E-state index is -0.0978. The summed E-state index contributed by atoms with van der Waals surface area (Å²) in [5.41, 5.74) is 16.7. The van der Waals surface area contributed by atoms with Crippen LogP contribution in [0.4, 0.5) is 0 Å². The van der Waals surface area contributed by atoms with Crippen LogP contribution >= 0.6 is 27.5 Å². The van der Waals surface area contributed by atoms with Crippen molar-refractivity contribution in [1.82, 2.24) is 0 Å². The first-order valence-corrected chi connectivity index (χ1v) is 5.73. The summed E-state index contributed by atoms with van der Waals surface area (Å²) in [6, 6.07) is 1.75. The van der Waals surface area contributed by atoms with Gasteiger partial charge in [-0.25, -0.2) is 0 Å². The summed E-state index contributed by atoms with van der Waals surface area (Å²) in [6.45, 7) is 3.83. The van der Waals surface area contributed by atoms with Crippen molar-refractivity contribution in [2.75, 3.05) is 7.11 Å². The van der Waals surface area contributed by atoms with Gasteiger partial charge < -0.3 is 10.5 Å². The Hall–Kier alpha value is -0.650. The lowest BCUT2D eigenvalue weighted by molar-refractivity contribution is -0.249. The van der Waals surface area contributed by atoms with Crippen LogP contribution in [-0.2, 0) is 0 Å². The molecule has 1 unspecified atom stereocenters. The van der Waals surface area contributed by atoms with Crippen molar-refractivity contribution in [2.24, 2.45) is 5.73 Å². The molecule has 0 aromatic heterocycles. The van der Waals surface area contributed by atoms with Crippen molar-refractivity contribution in [1.29, 1.82) is 5.53 Å². The minimum absolute atomic E-state index is 0.0978. The summed E-state index contributed by atoms with van der Waals surface area (Å²) in [6.07, 6.45) is 0. The van der Waals surface area contributed by atoms with Gasteiger partial charge in [0.1, 0.15) is 5.75 Å². The number of nitrogens with two attached hydrogens (primary N) is 2. The summed E-state index contributed by atoms with van der Waals surface area (Å²) in [7, 11) is 1.62. The first kappa shape index (κ1) is 15.3. The Kier molecular flexibility index (Phi) is 6.55. The molecule has 5 N–H and O–H groups in total. The van der Waals surface area contributed by atoms with E-state index in [1.807, 2.05) is 19.9 Å². The highest BCUT2D eigenvalue weighted by atomic mass is 79.9. The third-order valence-electron chi connectivity index (χ3n) is 2.13. The standard InChI is InChI=1S/C10H13BrClNO.H2N2/c1-5-8(12)4-7(6(2)13)10(14-3)9(5)11;1-2/h4,6H,13H2,1-3H3;1-2H/p+1. The average molecular weight is 310 g/mol.